The van der Waals surface area contributed by atoms with Crippen molar-refractivity contribution in [3.8, 4) is 0 Å². The first-order valence-corrected chi connectivity index (χ1v) is 6.49. The summed E-state index contributed by atoms with van der Waals surface area (Å²) in [7, 11) is 3.26. The predicted molar refractivity (Wildman–Crippen MR) is 79.3 cm³/mol. The molecule has 1 aromatic carbocycles. The van der Waals surface area contributed by atoms with Crippen LogP contribution in [0, 0.1) is 0 Å². The molecule has 0 atom stereocenters. The van der Waals surface area contributed by atoms with E-state index in [1.807, 2.05) is 0 Å². The summed E-state index contributed by atoms with van der Waals surface area (Å²) in [4.78, 5) is 25.0. The van der Waals surface area contributed by atoms with Gasteiger partial charge in [0.05, 0.1) is 10.6 Å². The Kier molecular flexibility index (Phi) is 5.00. The normalized spacial score (nSPS) is 10.9. The molecule has 0 aromatic heterocycles. The molecule has 0 saturated heterocycles. The number of amides is 2. The monoisotopic (exact) mass is 298 g/mol. The molecule has 6 heteroatoms. The van der Waals surface area contributed by atoms with Gasteiger partial charge in [-0.3, -0.25) is 10.1 Å². The smallest absolute Gasteiger partial charge is 0.412 e. The Labute approximate surface area is 123 Å². The Bertz CT molecular complexity index is 522. The van der Waals surface area contributed by atoms with Gasteiger partial charge in [0.25, 0.3) is 5.91 Å². The van der Waals surface area contributed by atoms with Crippen LogP contribution in [-0.2, 0) is 4.74 Å². The number of nitrogens with zero attached hydrogens (tertiary/aromatic N) is 1. The van der Waals surface area contributed by atoms with Gasteiger partial charge in [-0.25, -0.2) is 4.79 Å². The quantitative estimate of drug-likeness (QED) is 0.910. The number of ether oxygens (including phenoxy) is 1. The minimum absolute atomic E-state index is 0.233. The van der Waals surface area contributed by atoms with Crippen molar-refractivity contribution in [2.24, 2.45) is 0 Å². The Balaban J connectivity index is 2.91. The lowest BCUT2D eigenvalue weighted by Gasteiger charge is -2.20. The standard InChI is InChI=1S/C14H19ClN2O3/c1-14(2,3)20-13(19)16-9-6-7-11(15)10(8-9)12(18)17(4)5/h6-8H,1-5H3,(H,16,19). The van der Waals surface area contributed by atoms with Crippen LogP contribution in [0.15, 0.2) is 18.2 Å². The molecule has 0 aliphatic heterocycles. The Morgan fingerprint density at radius 1 is 1.25 bits per heavy atom. The van der Waals surface area contributed by atoms with Crippen LogP contribution in [-0.4, -0.2) is 36.6 Å². The van der Waals surface area contributed by atoms with Crippen LogP contribution in [0.4, 0.5) is 10.5 Å². The van der Waals surface area contributed by atoms with E-state index in [0.29, 0.717) is 16.3 Å². The lowest BCUT2D eigenvalue weighted by atomic mass is 10.1. The molecule has 110 valence electrons. The highest BCUT2D eigenvalue weighted by Crippen LogP contribution is 2.22. The van der Waals surface area contributed by atoms with E-state index in [0.717, 1.165) is 0 Å². The number of nitrogens with one attached hydrogen (secondary N) is 1. The number of carbonyl (C=O) groups is 2. The summed E-state index contributed by atoms with van der Waals surface area (Å²) in [6.45, 7) is 5.32. The number of hydrogen-bond acceptors (Lipinski definition) is 3. The third-order valence-electron chi connectivity index (χ3n) is 2.25. The van der Waals surface area contributed by atoms with Crippen LogP contribution in [0.3, 0.4) is 0 Å². The van der Waals surface area contributed by atoms with E-state index in [1.165, 1.54) is 11.0 Å². The maximum absolute atomic E-state index is 11.9. The molecule has 0 unspecified atom stereocenters. The highest BCUT2D eigenvalue weighted by atomic mass is 35.5. The van der Waals surface area contributed by atoms with E-state index in [-0.39, 0.29) is 5.91 Å². The molecule has 2 amide bonds. The first kappa shape index (κ1) is 16.3. The van der Waals surface area contributed by atoms with Gasteiger partial charge in [0, 0.05) is 19.8 Å². The molecule has 0 fully saturated rings. The molecule has 0 aliphatic rings. The Morgan fingerprint density at radius 2 is 1.85 bits per heavy atom. The SMILES string of the molecule is CN(C)C(=O)c1cc(NC(=O)OC(C)(C)C)ccc1Cl. The van der Waals surface area contributed by atoms with Crippen molar-refractivity contribution in [3.05, 3.63) is 28.8 Å². The van der Waals surface area contributed by atoms with Crippen molar-refractivity contribution < 1.29 is 14.3 Å². The zero-order chi connectivity index (χ0) is 15.5. The summed E-state index contributed by atoms with van der Waals surface area (Å²) in [5, 5.41) is 2.90. The Morgan fingerprint density at radius 3 is 2.35 bits per heavy atom. The third kappa shape index (κ3) is 4.74. The van der Waals surface area contributed by atoms with Crippen LogP contribution in [0.1, 0.15) is 31.1 Å². The van der Waals surface area contributed by atoms with Gasteiger partial charge in [0.15, 0.2) is 0 Å². The molecular weight excluding hydrogens is 280 g/mol. The predicted octanol–water partition coefficient (Wildman–Crippen LogP) is 3.39. The maximum atomic E-state index is 11.9. The van der Waals surface area contributed by atoms with Crippen LogP contribution in [0.2, 0.25) is 5.02 Å². The van der Waals surface area contributed by atoms with E-state index >= 15 is 0 Å². The lowest BCUT2D eigenvalue weighted by Crippen LogP contribution is -2.27. The van der Waals surface area contributed by atoms with E-state index in [1.54, 1.807) is 47.0 Å². The number of benzene rings is 1. The molecule has 1 N–H and O–H groups in total. The molecule has 0 spiro atoms. The molecule has 0 bridgehead atoms. The summed E-state index contributed by atoms with van der Waals surface area (Å²) < 4.78 is 5.14. The molecule has 0 saturated carbocycles. The highest BCUT2D eigenvalue weighted by molar-refractivity contribution is 6.34. The molecule has 20 heavy (non-hydrogen) atoms. The van der Waals surface area contributed by atoms with E-state index < -0.39 is 11.7 Å². The second kappa shape index (κ2) is 6.13. The fourth-order valence-corrected chi connectivity index (χ4v) is 1.63. The summed E-state index contributed by atoms with van der Waals surface area (Å²) in [5.74, 6) is -0.233. The first-order chi connectivity index (χ1) is 9.10. The number of halogens is 1. The number of hydrogen-bond donors (Lipinski definition) is 1. The maximum Gasteiger partial charge on any atom is 0.412 e. The van der Waals surface area contributed by atoms with E-state index in [2.05, 4.69) is 5.32 Å². The van der Waals surface area contributed by atoms with Gasteiger partial charge in [0.2, 0.25) is 0 Å². The second-order valence-electron chi connectivity index (χ2n) is 5.52. The summed E-state index contributed by atoms with van der Waals surface area (Å²) in [6.07, 6.45) is -0.580. The topological polar surface area (TPSA) is 58.6 Å². The van der Waals surface area contributed by atoms with Gasteiger partial charge in [-0.15, -0.1) is 0 Å². The summed E-state index contributed by atoms with van der Waals surface area (Å²) in [5.41, 5.74) is 0.192. The summed E-state index contributed by atoms with van der Waals surface area (Å²) in [6, 6.07) is 4.69. The van der Waals surface area contributed by atoms with Crippen molar-refractivity contribution in [2.45, 2.75) is 26.4 Å². The van der Waals surface area contributed by atoms with Gasteiger partial charge < -0.3 is 9.64 Å². The number of rotatable bonds is 2. The van der Waals surface area contributed by atoms with Gasteiger partial charge in [-0.2, -0.15) is 0 Å². The summed E-state index contributed by atoms with van der Waals surface area (Å²) >= 11 is 5.99. The van der Waals surface area contributed by atoms with Crippen molar-refractivity contribution in [1.82, 2.24) is 4.90 Å². The van der Waals surface area contributed by atoms with Crippen LogP contribution in [0.5, 0.6) is 0 Å². The minimum Gasteiger partial charge on any atom is -0.444 e. The average molecular weight is 299 g/mol. The van der Waals surface area contributed by atoms with Crippen LogP contribution in [0.25, 0.3) is 0 Å². The molecule has 0 aliphatic carbocycles. The van der Waals surface area contributed by atoms with E-state index in [9.17, 15) is 9.59 Å². The fraction of sp³-hybridized carbons (Fsp3) is 0.429. The zero-order valence-electron chi connectivity index (χ0n) is 12.3. The van der Waals surface area contributed by atoms with Gasteiger partial charge >= 0.3 is 6.09 Å². The fourth-order valence-electron chi connectivity index (χ4n) is 1.43. The van der Waals surface area contributed by atoms with Gasteiger partial charge in [-0.05, 0) is 39.0 Å². The first-order valence-electron chi connectivity index (χ1n) is 6.11. The van der Waals surface area contributed by atoms with Gasteiger partial charge in [0.1, 0.15) is 5.60 Å². The minimum atomic E-state index is -0.585. The molecule has 0 heterocycles. The highest BCUT2D eigenvalue weighted by Gasteiger charge is 2.18. The van der Waals surface area contributed by atoms with Crippen molar-refractivity contribution in [2.75, 3.05) is 19.4 Å². The molecular formula is C14H19ClN2O3. The lowest BCUT2D eigenvalue weighted by molar-refractivity contribution is 0.0635. The zero-order valence-corrected chi connectivity index (χ0v) is 13.0. The number of anilines is 1. The molecule has 0 radical (unpaired) electrons. The van der Waals surface area contributed by atoms with Crippen LogP contribution < -0.4 is 5.32 Å². The average Bonchev–Trinajstić information content (AvgIpc) is 2.28. The van der Waals surface area contributed by atoms with Crippen molar-refractivity contribution in [1.29, 1.82) is 0 Å². The molecule has 5 nitrogen and oxygen atoms in total. The largest absolute Gasteiger partial charge is 0.444 e. The Hall–Kier alpha value is -1.75. The van der Waals surface area contributed by atoms with Gasteiger partial charge in [-0.1, -0.05) is 11.6 Å². The number of carbonyl (C=O) groups excluding carboxylic acids is 2. The second-order valence-corrected chi connectivity index (χ2v) is 5.93. The van der Waals surface area contributed by atoms with E-state index in [4.69, 9.17) is 16.3 Å². The third-order valence-corrected chi connectivity index (χ3v) is 2.58. The molecule has 1 rings (SSSR count). The van der Waals surface area contributed by atoms with Crippen LogP contribution >= 0.6 is 11.6 Å². The molecule has 1 aromatic rings. The van der Waals surface area contributed by atoms with Crippen molar-refractivity contribution >= 4 is 29.3 Å². The van der Waals surface area contributed by atoms with Crippen molar-refractivity contribution in [3.63, 3.8) is 0 Å².